The normalized spacial score (nSPS) is 10.2. The fraction of sp³-hybridized carbons (Fsp3) is 0. The molecule has 8 nitrogen and oxygen atoms in total. The molecule has 2 N–H and O–H groups in total. The maximum absolute atomic E-state index is 12.4. The number of hydrogen-bond donors (Lipinski definition) is 2. The van der Waals surface area contributed by atoms with Crippen LogP contribution in [0.4, 0.5) is 10.1 Å². The Labute approximate surface area is 151 Å². The zero-order valence-electron chi connectivity index (χ0n) is 13.2. The van der Waals surface area contributed by atoms with Crippen molar-refractivity contribution in [1.29, 1.82) is 0 Å². The average Bonchev–Trinajstić information content (AvgIpc) is 3.11. The minimum atomic E-state index is -0.593. The van der Waals surface area contributed by atoms with Crippen molar-refractivity contribution < 1.29 is 24.5 Å². The molecule has 130 valence electrons. The number of carbonyl (C=O) groups excluding carboxylic acids is 2. The van der Waals surface area contributed by atoms with Crippen molar-refractivity contribution in [1.82, 2.24) is 4.98 Å². The third-order valence-corrected chi connectivity index (χ3v) is 4.12. The summed E-state index contributed by atoms with van der Waals surface area (Å²) in [7, 11) is 0. The summed E-state index contributed by atoms with van der Waals surface area (Å²) in [5.41, 5.74) is 0.474. The zero-order chi connectivity index (χ0) is 18.5. The van der Waals surface area contributed by atoms with Crippen LogP contribution in [0.2, 0.25) is 0 Å². The summed E-state index contributed by atoms with van der Waals surface area (Å²) in [4.78, 5) is 38.9. The molecule has 1 heterocycles. The molecule has 0 atom stereocenters. The number of anilines is 1. The lowest BCUT2D eigenvalue weighted by Crippen LogP contribution is -2.16. The Morgan fingerprint density at radius 2 is 1.77 bits per heavy atom. The first kappa shape index (κ1) is 17.2. The van der Waals surface area contributed by atoms with E-state index in [4.69, 9.17) is 9.94 Å². The third kappa shape index (κ3) is 3.90. The summed E-state index contributed by atoms with van der Waals surface area (Å²) >= 11 is 0.793. The molecule has 2 aromatic carbocycles. The van der Waals surface area contributed by atoms with Gasteiger partial charge in [0.2, 0.25) is 0 Å². The number of thiazole rings is 1. The van der Waals surface area contributed by atoms with Crippen molar-refractivity contribution in [3.05, 3.63) is 76.8 Å². The van der Waals surface area contributed by atoms with Crippen LogP contribution in [0, 0.1) is 4.91 Å². The van der Waals surface area contributed by atoms with Gasteiger partial charge in [-0.2, -0.15) is 0 Å². The van der Waals surface area contributed by atoms with Crippen molar-refractivity contribution >= 4 is 33.3 Å². The van der Waals surface area contributed by atoms with Crippen molar-refractivity contribution in [2.45, 2.75) is 0 Å². The van der Waals surface area contributed by atoms with Gasteiger partial charge in [-0.25, -0.2) is 15.0 Å². The second kappa shape index (κ2) is 7.53. The molecule has 0 fully saturated rings. The maximum Gasteiger partial charge on any atom is 0.392 e. The molecular formula is C17H12N3O5S+. The van der Waals surface area contributed by atoms with Gasteiger partial charge in [0.15, 0.2) is 5.13 Å². The van der Waals surface area contributed by atoms with Gasteiger partial charge in [-0.05, 0) is 35.6 Å². The van der Waals surface area contributed by atoms with E-state index in [1.807, 2.05) is 0 Å². The molecule has 0 aliphatic carbocycles. The quantitative estimate of drug-likeness (QED) is 0.405. The molecule has 0 spiro atoms. The number of esters is 1. The number of benzene rings is 2. The molecule has 0 aliphatic rings. The van der Waals surface area contributed by atoms with Crippen molar-refractivity contribution in [3.63, 3.8) is 0 Å². The first-order valence-electron chi connectivity index (χ1n) is 7.34. The van der Waals surface area contributed by atoms with E-state index in [1.165, 1.54) is 12.1 Å². The van der Waals surface area contributed by atoms with Crippen LogP contribution >= 0.6 is 11.3 Å². The van der Waals surface area contributed by atoms with Crippen LogP contribution in [-0.2, 0) is 0 Å². The molecule has 0 bridgehead atoms. The zero-order valence-corrected chi connectivity index (χ0v) is 14.0. The Hall–Kier alpha value is -3.59. The highest BCUT2D eigenvalue weighted by molar-refractivity contribution is 7.18. The lowest BCUT2D eigenvalue weighted by atomic mass is 10.2. The lowest BCUT2D eigenvalue weighted by Gasteiger charge is -2.09. The van der Waals surface area contributed by atoms with Gasteiger partial charge in [-0.3, -0.25) is 10.1 Å². The number of carbonyl (C=O) groups is 2. The average molecular weight is 370 g/mol. The monoisotopic (exact) mass is 370 g/mol. The van der Waals surface area contributed by atoms with Gasteiger partial charge >= 0.3 is 11.0 Å². The Morgan fingerprint density at radius 1 is 1.08 bits per heavy atom. The number of aromatic nitrogens is 1. The van der Waals surface area contributed by atoms with Crippen molar-refractivity contribution in [3.8, 4) is 5.75 Å². The maximum atomic E-state index is 12.4. The number of rotatable bonds is 5. The third-order valence-electron chi connectivity index (χ3n) is 3.25. The molecule has 9 heteroatoms. The van der Waals surface area contributed by atoms with E-state index in [0.29, 0.717) is 5.56 Å². The van der Waals surface area contributed by atoms with Gasteiger partial charge in [0, 0.05) is 0 Å². The fourth-order valence-corrected chi connectivity index (χ4v) is 2.68. The number of ether oxygens (including phenoxy) is 1. The molecule has 0 radical (unpaired) electrons. The van der Waals surface area contributed by atoms with Crippen LogP contribution in [0.3, 0.4) is 0 Å². The Bertz CT molecular complexity index is 971. The van der Waals surface area contributed by atoms with Crippen LogP contribution in [0.25, 0.3) is 0 Å². The van der Waals surface area contributed by atoms with E-state index in [0.717, 1.165) is 17.5 Å². The molecule has 3 aromatic rings. The van der Waals surface area contributed by atoms with Crippen LogP contribution < -0.4 is 10.1 Å². The highest BCUT2D eigenvalue weighted by Crippen LogP contribution is 2.26. The number of nitrogens with one attached hydrogen (secondary N) is 1. The Balaban J connectivity index is 1.78. The summed E-state index contributed by atoms with van der Waals surface area (Å²) < 4.78 is 5.32. The van der Waals surface area contributed by atoms with E-state index in [2.05, 4.69) is 10.3 Å². The Morgan fingerprint density at radius 3 is 2.46 bits per heavy atom. The number of amides is 1. The molecule has 1 aromatic heterocycles. The van der Waals surface area contributed by atoms with Crippen molar-refractivity contribution in [2.75, 3.05) is 5.32 Å². The number of hydrogen-bond acceptors (Lipinski definition) is 6. The van der Waals surface area contributed by atoms with Gasteiger partial charge in [-0.1, -0.05) is 30.3 Å². The summed E-state index contributed by atoms with van der Waals surface area (Å²) in [5, 5.41) is 11.3. The number of para-hydroxylation sites is 1. The minimum absolute atomic E-state index is 0.0795. The van der Waals surface area contributed by atoms with Gasteiger partial charge in [-0.15, -0.1) is 0 Å². The van der Waals surface area contributed by atoms with E-state index in [-0.39, 0.29) is 26.4 Å². The number of nitrogens with zero attached hydrogens (tertiary/aromatic N) is 2. The molecule has 0 saturated heterocycles. The van der Waals surface area contributed by atoms with Gasteiger partial charge in [0.1, 0.15) is 11.9 Å². The van der Waals surface area contributed by atoms with E-state index in [1.54, 1.807) is 42.5 Å². The Kier molecular flexibility index (Phi) is 4.99. The molecule has 0 saturated carbocycles. The highest BCUT2D eigenvalue weighted by Gasteiger charge is 2.20. The highest BCUT2D eigenvalue weighted by atomic mass is 32.1. The second-order valence-electron chi connectivity index (χ2n) is 4.98. The largest absolute Gasteiger partial charge is 0.422 e. The van der Waals surface area contributed by atoms with Crippen LogP contribution in [0.5, 0.6) is 5.75 Å². The smallest absolute Gasteiger partial charge is 0.392 e. The van der Waals surface area contributed by atoms with E-state index < -0.39 is 11.9 Å². The predicted octanol–water partition coefficient (Wildman–Crippen LogP) is 3.41. The first-order valence-corrected chi connectivity index (χ1v) is 8.16. The summed E-state index contributed by atoms with van der Waals surface area (Å²) in [5.74, 6) is -1.08. The molecule has 0 unspecified atom stereocenters. The predicted molar refractivity (Wildman–Crippen MR) is 93.0 cm³/mol. The standard InChI is InChI=1S/C17H11N3O5S/c21-15(19-17-18-10-14(26-17)20(23)24)12-8-4-5-9-13(12)25-16(22)11-6-2-1-3-7-11/h1-10H,(H-,18,19,21,23,24)/p+1. The first-order chi connectivity index (χ1) is 12.5. The topological polar surface area (TPSA) is 109 Å². The molecule has 3 rings (SSSR count). The van der Waals surface area contributed by atoms with Gasteiger partial charge in [0.05, 0.1) is 16.0 Å². The van der Waals surface area contributed by atoms with Gasteiger partial charge < -0.3 is 4.74 Å². The van der Waals surface area contributed by atoms with Crippen molar-refractivity contribution in [2.24, 2.45) is 0 Å². The van der Waals surface area contributed by atoms with Gasteiger partial charge in [0.25, 0.3) is 10.8 Å². The fourth-order valence-electron chi connectivity index (χ4n) is 2.05. The minimum Gasteiger partial charge on any atom is -0.422 e. The summed E-state index contributed by atoms with van der Waals surface area (Å²) in [6.07, 6.45) is 1.12. The second-order valence-corrected chi connectivity index (χ2v) is 5.99. The van der Waals surface area contributed by atoms with E-state index in [9.17, 15) is 14.5 Å². The molecule has 0 aliphatic heterocycles. The summed E-state index contributed by atoms with van der Waals surface area (Å²) in [6, 6.07) is 14.6. The van der Waals surface area contributed by atoms with E-state index >= 15 is 0 Å². The molecule has 26 heavy (non-hydrogen) atoms. The SMILES string of the molecule is O=C(Oc1ccccc1C(=O)Nc1ncc([N+](=O)O)s1)c1ccccc1. The van der Waals surface area contributed by atoms with Crippen LogP contribution in [-0.4, -0.2) is 27.0 Å². The summed E-state index contributed by atoms with van der Waals surface area (Å²) in [6.45, 7) is 0. The molecular weight excluding hydrogens is 358 g/mol. The van der Waals surface area contributed by atoms with Crippen LogP contribution in [0.15, 0.2) is 60.8 Å². The molecule has 1 amide bonds. The van der Waals surface area contributed by atoms with Crippen LogP contribution in [0.1, 0.15) is 20.7 Å². The lowest BCUT2D eigenvalue weighted by molar-refractivity contribution is -0.727.